The fourth-order valence-corrected chi connectivity index (χ4v) is 2.98. The number of amides is 1. The van der Waals surface area contributed by atoms with Crippen molar-refractivity contribution in [2.24, 2.45) is 5.10 Å². The van der Waals surface area contributed by atoms with E-state index in [1.165, 1.54) is 24.4 Å². The second kappa shape index (κ2) is 11.3. The van der Waals surface area contributed by atoms with Gasteiger partial charge in [0.15, 0.2) is 11.5 Å². The summed E-state index contributed by atoms with van der Waals surface area (Å²) in [6.45, 7) is 3.83. The molecule has 184 valence electrons. The summed E-state index contributed by atoms with van der Waals surface area (Å²) in [5.41, 5.74) is 2.75. The highest BCUT2D eigenvalue weighted by Crippen LogP contribution is 2.30. The number of hydrogen-bond acceptors (Lipinski definition) is 9. The first-order chi connectivity index (χ1) is 17.2. The quantitative estimate of drug-likeness (QED) is 0.153. The number of nitrogens with zero attached hydrogens (tertiary/aromatic N) is 3. The average Bonchev–Trinajstić information content (AvgIpc) is 2.85. The van der Waals surface area contributed by atoms with Crippen LogP contribution in [0.5, 0.6) is 11.5 Å². The highest BCUT2D eigenvalue weighted by atomic mass is 16.6. The van der Waals surface area contributed by atoms with E-state index in [-0.39, 0.29) is 23.7 Å². The number of esters is 1. The second-order valence-electron chi connectivity index (χ2n) is 7.35. The van der Waals surface area contributed by atoms with Gasteiger partial charge in [-0.1, -0.05) is 17.7 Å². The summed E-state index contributed by atoms with van der Waals surface area (Å²) in [5.74, 6) is -1.31. The van der Waals surface area contributed by atoms with Crippen molar-refractivity contribution in [3.63, 3.8) is 0 Å². The summed E-state index contributed by atoms with van der Waals surface area (Å²) >= 11 is 0. The molecule has 0 aliphatic heterocycles. The van der Waals surface area contributed by atoms with Crippen LogP contribution in [0.4, 0.5) is 11.4 Å². The third-order valence-corrected chi connectivity index (χ3v) is 4.72. The molecule has 0 atom stereocenters. The zero-order valence-electron chi connectivity index (χ0n) is 19.2. The van der Waals surface area contributed by atoms with Gasteiger partial charge in [0.2, 0.25) is 0 Å². The van der Waals surface area contributed by atoms with Crippen molar-refractivity contribution in [1.29, 1.82) is 0 Å². The van der Waals surface area contributed by atoms with Crippen LogP contribution < -0.4 is 14.9 Å². The van der Waals surface area contributed by atoms with E-state index in [1.54, 1.807) is 31.2 Å². The lowest BCUT2D eigenvalue weighted by molar-refractivity contribution is -0.394. The van der Waals surface area contributed by atoms with E-state index in [4.69, 9.17) is 9.47 Å². The summed E-state index contributed by atoms with van der Waals surface area (Å²) in [4.78, 5) is 45.2. The van der Waals surface area contributed by atoms with Crippen LogP contribution in [0.1, 0.15) is 38.8 Å². The molecular formula is C24H20N4O8. The molecule has 3 aromatic carbocycles. The molecule has 36 heavy (non-hydrogen) atoms. The topological polar surface area (TPSA) is 163 Å². The van der Waals surface area contributed by atoms with Crippen LogP contribution in [0.25, 0.3) is 0 Å². The smallest absolute Gasteiger partial charge is 0.344 e. The van der Waals surface area contributed by atoms with Crippen LogP contribution in [0.15, 0.2) is 65.8 Å². The monoisotopic (exact) mass is 492 g/mol. The fraction of sp³-hybridized carbons (Fsp3) is 0.125. The number of carbonyl (C=O) groups excluding carboxylic acids is 2. The van der Waals surface area contributed by atoms with Gasteiger partial charge < -0.3 is 9.47 Å². The minimum Gasteiger partial charge on any atom is -0.490 e. The number of nitro benzene ring substituents is 2. The first kappa shape index (κ1) is 25.5. The Bertz CT molecular complexity index is 1320. The Hall–Kier alpha value is -5.13. The van der Waals surface area contributed by atoms with Crippen molar-refractivity contribution < 1.29 is 28.9 Å². The maximum absolute atomic E-state index is 12.6. The van der Waals surface area contributed by atoms with Gasteiger partial charge in [-0.3, -0.25) is 25.0 Å². The van der Waals surface area contributed by atoms with Gasteiger partial charge in [-0.15, -0.1) is 0 Å². The molecule has 0 bridgehead atoms. The van der Waals surface area contributed by atoms with Gasteiger partial charge in [-0.05, 0) is 49.7 Å². The minimum absolute atomic E-state index is 0.0168. The second-order valence-corrected chi connectivity index (χ2v) is 7.35. The van der Waals surface area contributed by atoms with Crippen molar-refractivity contribution in [2.45, 2.75) is 13.8 Å². The first-order valence-corrected chi connectivity index (χ1v) is 10.5. The van der Waals surface area contributed by atoms with Crippen LogP contribution in [0, 0.1) is 27.2 Å². The molecule has 3 aromatic rings. The molecule has 12 nitrogen and oxygen atoms in total. The lowest BCUT2D eigenvalue weighted by Gasteiger charge is -2.11. The van der Waals surface area contributed by atoms with Gasteiger partial charge in [0.1, 0.15) is 0 Å². The normalized spacial score (nSPS) is 10.6. The van der Waals surface area contributed by atoms with E-state index < -0.39 is 33.1 Å². The van der Waals surface area contributed by atoms with E-state index in [0.29, 0.717) is 11.1 Å². The zero-order valence-corrected chi connectivity index (χ0v) is 19.2. The molecule has 0 fully saturated rings. The number of ether oxygens (including phenoxy) is 2. The number of non-ortho nitro benzene ring substituents is 2. The number of nitro groups is 2. The molecule has 0 spiro atoms. The van der Waals surface area contributed by atoms with Crippen LogP contribution in [-0.4, -0.2) is 34.5 Å². The van der Waals surface area contributed by atoms with Gasteiger partial charge in [-0.25, -0.2) is 10.2 Å². The average molecular weight is 492 g/mol. The predicted octanol–water partition coefficient (Wildman–Crippen LogP) is 4.19. The Balaban J connectivity index is 1.78. The molecule has 0 heterocycles. The molecular weight excluding hydrogens is 472 g/mol. The maximum atomic E-state index is 12.6. The number of aryl methyl sites for hydroxylation is 1. The van der Waals surface area contributed by atoms with E-state index in [0.717, 1.165) is 23.8 Å². The Labute approximate surface area is 204 Å². The van der Waals surface area contributed by atoms with Crippen molar-refractivity contribution in [3.8, 4) is 11.5 Å². The molecule has 0 aromatic heterocycles. The molecule has 0 saturated heterocycles. The molecule has 3 rings (SSSR count). The zero-order chi connectivity index (χ0) is 26.2. The molecule has 1 N–H and O–H groups in total. The van der Waals surface area contributed by atoms with Gasteiger partial charge in [0.25, 0.3) is 17.3 Å². The highest BCUT2D eigenvalue weighted by molar-refractivity contribution is 5.95. The van der Waals surface area contributed by atoms with Gasteiger partial charge >= 0.3 is 5.97 Å². The van der Waals surface area contributed by atoms with Crippen molar-refractivity contribution >= 4 is 29.5 Å². The molecule has 0 unspecified atom stereocenters. The van der Waals surface area contributed by atoms with Crippen LogP contribution in [-0.2, 0) is 0 Å². The van der Waals surface area contributed by atoms with Crippen LogP contribution >= 0.6 is 0 Å². The van der Waals surface area contributed by atoms with Gasteiger partial charge in [0, 0.05) is 17.7 Å². The SMILES string of the molecule is CCOc1cc(/C=N/NC(=O)c2ccc(C)cc2)ccc1OC(=O)c1cc([N+](=O)[O-])cc([N+](=O)[O-])c1. The maximum Gasteiger partial charge on any atom is 0.344 e. The summed E-state index contributed by atoms with van der Waals surface area (Å²) in [5, 5.41) is 26.1. The minimum atomic E-state index is -1.05. The van der Waals surface area contributed by atoms with Crippen molar-refractivity contribution in [3.05, 3.63) is 103 Å². The van der Waals surface area contributed by atoms with Crippen molar-refractivity contribution in [2.75, 3.05) is 6.61 Å². The number of hydrogen-bond donors (Lipinski definition) is 1. The number of hydrazone groups is 1. The van der Waals surface area contributed by atoms with E-state index >= 15 is 0 Å². The number of rotatable bonds is 9. The fourth-order valence-electron chi connectivity index (χ4n) is 2.98. The Kier molecular flexibility index (Phi) is 8.02. The summed E-state index contributed by atoms with van der Waals surface area (Å²) in [6, 6.07) is 13.9. The molecule has 0 aliphatic carbocycles. The Morgan fingerprint density at radius 2 is 1.56 bits per heavy atom. The number of nitrogens with one attached hydrogen (secondary N) is 1. The molecule has 0 radical (unpaired) electrons. The molecule has 12 heteroatoms. The number of benzene rings is 3. The summed E-state index contributed by atoms with van der Waals surface area (Å²) in [6.07, 6.45) is 1.37. The van der Waals surface area contributed by atoms with Crippen LogP contribution in [0.2, 0.25) is 0 Å². The summed E-state index contributed by atoms with van der Waals surface area (Å²) in [7, 11) is 0. The lowest BCUT2D eigenvalue weighted by atomic mass is 10.1. The first-order valence-electron chi connectivity index (χ1n) is 10.5. The third-order valence-electron chi connectivity index (χ3n) is 4.72. The highest BCUT2D eigenvalue weighted by Gasteiger charge is 2.22. The van der Waals surface area contributed by atoms with E-state index in [2.05, 4.69) is 10.5 Å². The number of carbonyl (C=O) groups is 2. The lowest BCUT2D eigenvalue weighted by Crippen LogP contribution is -2.17. The molecule has 1 amide bonds. The molecule has 0 aliphatic rings. The summed E-state index contributed by atoms with van der Waals surface area (Å²) < 4.78 is 10.8. The Morgan fingerprint density at radius 3 is 2.14 bits per heavy atom. The molecule has 0 saturated carbocycles. The largest absolute Gasteiger partial charge is 0.490 e. The Morgan fingerprint density at radius 1 is 0.917 bits per heavy atom. The van der Waals surface area contributed by atoms with E-state index in [1.807, 2.05) is 6.92 Å². The van der Waals surface area contributed by atoms with Crippen molar-refractivity contribution in [1.82, 2.24) is 5.43 Å². The van der Waals surface area contributed by atoms with Gasteiger partial charge in [0.05, 0.1) is 34.3 Å². The van der Waals surface area contributed by atoms with Crippen LogP contribution in [0.3, 0.4) is 0 Å². The standard InChI is InChI=1S/C24H20N4O8/c1-3-35-22-10-16(14-25-26-23(29)17-7-4-15(2)5-8-17)6-9-21(22)36-24(30)18-11-19(27(31)32)13-20(12-18)28(33)34/h4-14H,3H2,1-2H3,(H,26,29)/b25-14+. The predicted molar refractivity (Wildman–Crippen MR) is 129 cm³/mol. The van der Waals surface area contributed by atoms with Gasteiger partial charge in [-0.2, -0.15) is 5.10 Å². The third kappa shape index (κ3) is 6.47. The van der Waals surface area contributed by atoms with E-state index in [9.17, 15) is 29.8 Å².